The van der Waals surface area contributed by atoms with Crippen molar-refractivity contribution >= 4 is 21.6 Å². The molecule has 0 radical (unpaired) electrons. The first-order chi connectivity index (χ1) is 9.63. The Morgan fingerprint density at radius 2 is 1.30 bits per heavy atom. The van der Waals surface area contributed by atoms with Crippen LogP contribution in [0, 0.1) is 0 Å². The van der Waals surface area contributed by atoms with E-state index in [1.54, 1.807) is 0 Å². The number of thioether (sulfide) groups is 1. The Kier molecular flexibility index (Phi) is 2.72. The molecule has 2 aromatic rings. The maximum absolute atomic E-state index is 11.3. The first-order valence-electron chi connectivity index (χ1n) is 6.67. The summed E-state index contributed by atoms with van der Waals surface area (Å²) in [6.07, 6.45) is 0. The van der Waals surface area contributed by atoms with Gasteiger partial charge in [-0.2, -0.15) is 11.8 Å². The zero-order valence-electron chi connectivity index (χ0n) is 10.8. The standard InChI is InChI=1S/C16H14O2S2/c17-20(18)10-16(20)14-7-3-12(4-8-14)11-1-5-13(6-2-11)15-9-19-15/h1-8,15-16H,9-10H2. The molecule has 2 unspecified atom stereocenters. The lowest BCUT2D eigenvalue weighted by Gasteiger charge is -2.04. The van der Waals surface area contributed by atoms with E-state index in [1.807, 2.05) is 36.0 Å². The Morgan fingerprint density at radius 3 is 1.70 bits per heavy atom. The first-order valence-corrected chi connectivity index (χ1v) is 9.43. The number of rotatable bonds is 3. The topological polar surface area (TPSA) is 34.1 Å². The Labute approximate surface area is 123 Å². The molecule has 0 N–H and O–H groups in total. The van der Waals surface area contributed by atoms with E-state index in [1.165, 1.54) is 16.9 Å². The van der Waals surface area contributed by atoms with Crippen LogP contribution in [0.25, 0.3) is 11.1 Å². The van der Waals surface area contributed by atoms with Crippen molar-refractivity contribution < 1.29 is 8.42 Å². The molecule has 0 amide bonds. The van der Waals surface area contributed by atoms with E-state index < -0.39 is 9.84 Å². The summed E-state index contributed by atoms with van der Waals surface area (Å²) < 4.78 is 22.7. The molecule has 102 valence electrons. The third-order valence-corrected chi connectivity index (χ3v) is 6.55. The zero-order valence-corrected chi connectivity index (χ0v) is 12.5. The summed E-state index contributed by atoms with van der Waals surface area (Å²) in [5.74, 6) is 1.55. The van der Waals surface area contributed by atoms with Gasteiger partial charge in [-0.25, -0.2) is 8.42 Å². The summed E-state index contributed by atoms with van der Waals surface area (Å²) >= 11 is 1.98. The zero-order chi connectivity index (χ0) is 13.7. The molecule has 2 saturated heterocycles. The number of hydrogen-bond acceptors (Lipinski definition) is 3. The van der Waals surface area contributed by atoms with Crippen LogP contribution in [0.4, 0.5) is 0 Å². The van der Waals surface area contributed by atoms with Crippen LogP contribution >= 0.6 is 11.8 Å². The lowest BCUT2D eigenvalue weighted by atomic mass is 10.0. The molecule has 2 fully saturated rings. The molecule has 2 heterocycles. The fraction of sp³-hybridized carbons (Fsp3) is 0.250. The van der Waals surface area contributed by atoms with E-state index in [4.69, 9.17) is 0 Å². The minimum atomic E-state index is -2.80. The van der Waals surface area contributed by atoms with Crippen LogP contribution in [0.15, 0.2) is 48.5 Å². The fourth-order valence-electron chi connectivity index (χ4n) is 2.50. The molecule has 2 atom stereocenters. The Bertz CT molecular complexity index is 742. The van der Waals surface area contributed by atoms with Crippen LogP contribution in [0.5, 0.6) is 0 Å². The van der Waals surface area contributed by atoms with Crippen LogP contribution in [-0.2, 0) is 9.84 Å². The van der Waals surface area contributed by atoms with Gasteiger partial charge in [0.05, 0.1) is 5.75 Å². The minimum Gasteiger partial charge on any atom is -0.228 e. The van der Waals surface area contributed by atoms with Gasteiger partial charge in [0, 0.05) is 11.0 Å². The lowest BCUT2D eigenvalue weighted by molar-refractivity contribution is 0.613. The van der Waals surface area contributed by atoms with Gasteiger partial charge in [-0.3, -0.25) is 0 Å². The second kappa shape index (κ2) is 4.37. The van der Waals surface area contributed by atoms with Crippen molar-refractivity contribution in [1.82, 2.24) is 0 Å². The maximum Gasteiger partial charge on any atom is 0.159 e. The number of benzene rings is 2. The molecule has 0 saturated carbocycles. The van der Waals surface area contributed by atoms with Crippen molar-refractivity contribution in [2.24, 2.45) is 0 Å². The summed E-state index contributed by atoms with van der Waals surface area (Å²) in [6.45, 7) is 0. The normalized spacial score (nSPS) is 26.2. The summed E-state index contributed by atoms with van der Waals surface area (Å²) in [4.78, 5) is 0. The van der Waals surface area contributed by atoms with Crippen molar-refractivity contribution in [3.05, 3.63) is 59.7 Å². The largest absolute Gasteiger partial charge is 0.228 e. The van der Waals surface area contributed by atoms with Crippen molar-refractivity contribution in [3.8, 4) is 11.1 Å². The monoisotopic (exact) mass is 302 g/mol. The van der Waals surface area contributed by atoms with Gasteiger partial charge in [-0.15, -0.1) is 0 Å². The lowest BCUT2D eigenvalue weighted by Crippen LogP contribution is -1.85. The van der Waals surface area contributed by atoms with Crippen LogP contribution in [0.3, 0.4) is 0 Å². The fourth-order valence-corrected chi connectivity index (χ4v) is 4.58. The predicted octanol–water partition coefficient (Wildman–Crippen LogP) is 3.61. The van der Waals surface area contributed by atoms with E-state index in [9.17, 15) is 8.42 Å². The quantitative estimate of drug-likeness (QED) is 0.812. The molecule has 2 aromatic carbocycles. The maximum atomic E-state index is 11.3. The third-order valence-electron chi connectivity index (χ3n) is 3.93. The highest BCUT2D eigenvalue weighted by Gasteiger charge is 2.44. The average molecular weight is 302 g/mol. The van der Waals surface area contributed by atoms with Gasteiger partial charge in [0.15, 0.2) is 9.84 Å². The van der Waals surface area contributed by atoms with Gasteiger partial charge in [-0.05, 0) is 22.3 Å². The second-order valence-corrected chi connectivity index (χ2v) is 8.85. The minimum absolute atomic E-state index is 0.259. The Morgan fingerprint density at radius 1 is 0.850 bits per heavy atom. The van der Waals surface area contributed by atoms with Gasteiger partial charge in [0.2, 0.25) is 0 Å². The van der Waals surface area contributed by atoms with E-state index in [0.29, 0.717) is 11.0 Å². The Hall–Kier alpha value is -1.26. The van der Waals surface area contributed by atoms with Gasteiger partial charge in [-0.1, -0.05) is 48.5 Å². The molecular formula is C16H14O2S2. The molecule has 0 bridgehead atoms. The average Bonchev–Trinajstić information content (AvgIpc) is 3.36. The highest BCUT2D eigenvalue weighted by Crippen LogP contribution is 2.46. The molecule has 0 aromatic heterocycles. The summed E-state index contributed by atoms with van der Waals surface area (Å²) in [6, 6.07) is 16.6. The van der Waals surface area contributed by atoms with Crippen molar-refractivity contribution in [3.63, 3.8) is 0 Å². The smallest absolute Gasteiger partial charge is 0.159 e. The summed E-state index contributed by atoms with van der Waals surface area (Å²) in [5.41, 5.74) is 4.64. The van der Waals surface area contributed by atoms with Crippen LogP contribution in [0.2, 0.25) is 0 Å². The van der Waals surface area contributed by atoms with Crippen LogP contribution in [-0.4, -0.2) is 19.9 Å². The van der Waals surface area contributed by atoms with E-state index in [-0.39, 0.29) is 5.25 Å². The molecular weight excluding hydrogens is 288 g/mol. The molecule has 2 nitrogen and oxygen atoms in total. The summed E-state index contributed by atoms with van der Waals surface area (Å²) in [7, 11) is -2.80. The summed E-state index contributed by atoms with van der Waals surface area (Å²) in [5, 5.41) is 0.442. The SMILES string of the molecule is O=S1(=O)CC1c1ccc(-c2ccc(C3CS3)cc2)cc1. The van der Waals surface area contributed by atoms with Crippen LogP contribution < -0.4 is 0 Å². The first kappa shape index (κ1) is 12.5. The van der Waals surface area contributed by atoms with Gasteiger partial charge < -0.3 is 0 Å². The number of sulfone groups is 1. The highest BCUT2D eigenvalue weighted by atomic mass is 32.2. The molecule has 4 rings (SSSR count). The van der Waals surface area contributed by atoms with E-state index in [0.717, 1.165) is 11.1 Å². The van der Waals surface area contributed by atoms with Crippen LogP contribution in [0.1, 0.15) is 21.6 Å². The molecule has 2 aliphatic heterocycles. The third kappa shape index (κ3) is 2.27. The van der Waals surface area contributed by atoms with Crippen molar-refractivity contribution in [2.45, 2.75) is 10.5 Å². The molecule has 2 aliphatic rings. The second-order valence-electron chi connectivity index (χ2n) is 5.38. The molecule has 4 heteroatoms. The van der Waals surface area contributed by atoms with Crippen molar-refractivity contribution in [1.29, 1.82) is 0 Å². The van der Waals surface area contributed by atoms with Gasteiger partial charge in [0.1, 0.15) is 5.25 Å². The predicted molar refractivity (Wildman–Crippen MR) is 83.6 cm³/mol. The molecule has 20 heavy (non-hydrogen) atoms. The van der Waals surface area contributed by atoms with E-state index >= 15 is 0 Å². The van der Waals surface area contributed by atoms with Gasteiger partial charge in [0.25, 0.3) is 0 Å². The molecule has 0 aliphatic carbocycles. The Balaban J connectivity index is 1.58. The highest BCUT2D eigenvalue weighted by molar-refractivity contribution is 8.06. The number of hydrogen-bond donors (Lipinski definition) is 0. The van der Waals surface area contributed by atoms with E-state index in [2.05, 4.69) is 24.3 Å². The van der Waals surface area contributed by atoms with Crippen molar-refractivity contribution in [2.75, 3.05) is 11.5 Å². The molecule has 0 spiro atoms. The van der Waals surface area contributed by atoms with Gasteiger partial charge >= 0.3 is 0 Å².